The maximum atomic E-state index is 11.4. The summed E-state index contributed by atoms with van der Waals surface area (Å²) in [6.45, 7) is 3.63. The molecule has 0 aliphatic carbocycles. The summed E-state index contributed by atoms with van der Waals surface area (Å²) in [6, 6.07) is 2.20. The minimum Gasteiger partial charge on any atom is -0.399 e. The standard InChI is InChI=1S/C12H17ClN4O2/c1-5(2)9(12(16)19)17-10-7(11(15)18)3-6(14)4-8(10)13/h3-5,9,17H,14H2,1-2H3,(H2,15,18)(H2,16,19). The van der Waals surface area contributed by atoms with Crippen LogP contribution in [0.3, 0.4) is 0 Å². The van der Waals surface area contributed by atoms with E-state index in [2.05, 4.69) is 5.32 Å². The van der Waals surface area contributed by atoms with Crippen LogP contribution in [0.25, 0.3) is 0 Å². The summed E-state index contributed by atoms with van der Waals surface area (Å²) in [5, 5.41) is 3.07. The van der Waals surface area contributed by atoms with Gasteiger partial charge >= 0.3 is 0 Å². The molecule has 0 radical (unpaired) electrons. The van der Waals surface area contributed by atoms with E-state index in [-0.39, 0.29) is 22.2 Å². The summed E-state index contributed by atoms with van der Waals surface area (Å²) in [5.74, 6) is -1.31. The highest BCUT2D eigenvalue weighted by molar-refractivity contribution is 6.34. The molecule has 0 aliphatic heterocycles. The van der Waals surface area contributed by atoms with Crippen LogP contribution in [0, 0.1) is 5.92 Å². The average molecular weight is 285 g/mol. The number of halogens is 1. The molecule has 0 aromatic heterocycles. The van der Waals surface area contributed by atoms with Crippen molar-refractivity contribution in [3.8, 4) is 0 Å². The summed E-state index contributed by atoms with van der Waals surface area (Å²) in [4.78, 5) is 22.8. The fourth-order valence-electron chi connectivity index (χ4n) is 1.69. The molecular formula is C12H17ClN4O2. The van der Waals surface area contributed by atoms with Gasteiger partial charge in [0, 0.05) is 5.69 Å². The smallest absolute Gasteiger partial charge is 0.250 e. The fraction of sp³-hybridized carbons (Fsp3) is 0.333. The SMILES string of the molecule is CC(C)C(Nc1c(Cl)cc(N)cc1C(N)=O)C(N)=O. The van der Waals surface area contributed by atoms with Crippen molar-refractivity contribution in [2.24, 2.45) is 17.4 Å². The molecule has 1 aromatic carbocycles. The summed E-state index contributed by atoms with van der Waals surface area (Å²) in [5.41, 5.74) is 16.9. The Morgan fingerprint density at radius 3 is 2.26 bits per heavy atom. The van der Waals surface area contributed by atoms with Gasteiger partial charge in [0.05, 0.1) is 16.3 Å². The van der Waals surface area contributed by atoms with E-state index in [1.54, 1.807) is 0 Å². The predicted molar refractivity (Wildman–Crippen MR) is 75.8 cm³/mol. The molecular weight excluding hydrogens is 268 g/mol. The summed E-state index contributed by atoms with van der Waals surface area (Å²) in [7, 11) is 0. The van der Waals surface area contributed by atoms with Gasteiger partial charge in [0.25, 0.3) is 5.91 Å². The number of anilines is 2. The highest BCUT2D eigenvalue weighted by atomic mass is 35.5. The number of rotatable bonds is 5. The molecule has 1 rings (SSSR count). The lowest BCUT2D eigenvalue weighted by Gasteiger charge is -2.22. The Bertz CT molecular complexity index is 517. The predicted octanol–water partition coefficient (Wildman–Crippen LogP) is 0.943. The molecule has 6 nitrogen and oxygen atoms in total. The number of carbonyl (C=O) groups is 2. The lowest BCUT2D eigenvalue weighted by molar-refractivity contribution is -0.119. The minimum absolute atomic E-state index is 0.0770. The van der Waals surface area contributed by atoms with Crippen molar-refractivity contribution in [2.75, 3.05) is 11.1 Å². The van der Waals surface area contributed by atoms with Gasteiger partial charge in [-0.15, -0.1) is 0 Å². The Labute approximate surface area is 116 Å². The highest BCUT2D eigenvalue weighted by Gasteiger charge is 2.23. The molecule has 19 heavy (non-hydrogen) atoms. The van der Waals surface area contributed by atoms with Gasteiger partial charge < -0.3 is 22.5 Å². The first-order valence-electron chi connectivity index (χ1n) is 5.68. The van der Waals surface area contributed by atoms with Crippen LogP contribution >= 0.6 is 11.6 Å². The monoisotopic (exact) mass is 284 g/mol. The van der Waals surface area contributed by atoms with Gasteiger partial charge in [0.2, 0.25) is 5.91 Å². The normalized spacial score (nSPS) is 12.2. The van der Waals surface area contributed by atoms with Gasteiger partial charge in [-0.1, -0.05) is 25.4 Å². The number of benzene rings is 1. The van der Waals surface area contributed by atoms with Crippen molar-refractivity contribution in [1.29, 1.82) is 0 Å². The molecule has 1 unspecified atom stereocenters. The Balaban J connectivity index is 3.26. The first kappa shape index (κ1) is 15.1. The Hall–Kier alpha value is -1.95. The molecule has 7 N–H and O–H groups in total. The van der Waals surface area contributed by atoms with E-state index >= 15 is 0 Å². The van der Waals surface area contributed by atoms with Gasteiger partial charge in [0.1, 0.15) is 6.04 Å². The Morgan fingerprint density at radius 2 is 1.84 bits per heavy atom. The van der Waals surface area contributed by atoms with Crippen LogP contribution in [-0.4, -0.2) is 17.9 Å². The van der Waals surface area contributed by atoms with E-state index in [1.165, 1.54) is 12.1 Å². The molecule has 0 bridgehead atoms. The lowest BCUT2D eigenvalue weighted by atomic mass is 10.0. The molecule has 2 amide bonds. The second-order valence-corrected chi connectivity index (χ2v) is 4.97. The second-order valence-electron chi connectivity index (χ2n) is 4.56. The zero-order valence-electron chi connectivity index (χ0n) is 10.7. The first-order valence-corrected chi connectivity index (χ1v) is 6.06. The van der Waals surface area contributed by atoms with Crippen LogP contribution in [0.4, 0.5) is 11.4 Å². The zero-order valence-corrected chi connectivity index (χ0v) is 11.5. The third-order valence-electron chi connectivity index (χ3n) is 2.65. The molecule has 0 aliphatic rings. The van der Waals surface area contributed by atoms with Gasteiger partial charge in [-0.2, -0.15) is 0 Å². The zero-order chi connectivity index (χ0) is 14.7. The number of nitrogen functional groups attached to an aromatic ring is 1. The van der Waals surface area contributed by atoms with E-state index < -0.39 is 17.9 Å². The molecule has 7 heteroatoms. The number of hydrogen-bond donors (Lipinski definition) is 4. The molecule has 0 saturated carbocycles. The van der Waals surface area contributed by atoms with E-state index in [1.807, 2.05) is 13.8 Å². The van der Waals surface area contributed by atoms with Gasteiger partial charge in [-0.3, -0.25) is 9.59 Å². The van der Waals surface area contributed by atoms with Crippen LogP contribution in [0.15, 0.2) is 12.1 Å². The van der Waals surface area contributed by atoms with Crippen molar-refractivity contribution in [1.82, 2.24) is 0 Å². The fourth-order valence-corrected chi connectivity index (χ4v) is 1.97. The van der Waals surface area contributed by atoms with Gasteiger partial charge in [-0.25, -0.2) is 0 Å². The van der Waals surface area contributed by atoms with Crippen molar-refractivity contribution in [3.63, 3.8) is 0 Å². The molecule has 104 valence electrons. The number of nitrogens with one attached hydrogen (secondary N) is 1. The van der Waals surface area contributed by atoms with Crippen LogP contribution in [-0.2, 0) is 4.79 Å². The number of primary amides is 2. The van der Waals surface area contributed by atoms with Gasteiger partial charge in [-0.05, 0) is 18.1 Å². The van der Waals surface area contributed by atoms with Crippen molar-refractivity contribution in [3.05, 3.63) is 22.7 Å². The molecule has 1 atom stereocenters. The van der Waals surface area contributed by atoms with E-state index in [4.69, 9.17) is 28.8 Å². The van der Waals surface area contributed by atoms with E-state index in [9.17, 15) is 9.59 Å². The Morgan fingerprint density at radius 1 is 1.26 bits per heavy atom. The maximum Gasteiger partial charge on any atom is 0.250 e. The number of amides is 2. The number of carbonyl (C=O) groups excluding carboxylic acids is 2. The molecule has 0 heterocycles. The van der Waals surface area contributed by atoms with E-state index in [0.717, 1.165) is 0 Å². The van der Waals surface area contributed by atoms with Crippen molar-refractivity contribution in [2.45, 2.75) is 19.9 Å². The second kappa shape index (κ2) is 5.79. The lowest BCUT2D eigenvalue weighted by Crippen LogP contribution is -2.40. The van der Waals surface area contributed by atoms with Crippen molar-refractivity contribution < 1.29 is 9.59 Å². The third-order valence-corrected chi connectivity index (χ3v) is 2.95. The van der Waals surface area contributed by atoms with Crippen LogP contribution in [0.1, 0.15) is 24.2 Å². The van der Waals surface area contributed by atoms with Crippen LogP contribution < -0.4 is 22.5 Å². The van der Waals surface area contributed by atoms with Crippen molar-refractivity contribution >= 4 is 34.8 Å². The topological polar surface area (TPSA) is 124 Å². The van der Waals surface area contributed by atoms with Crippen LogP contribution in [0.5, 0.6) is 0 Å². The highest BCUT2D eigenvalue weighted by Crippen LogP contribution is 2.30. The quantitative estimate of drug-likeness (QED) is 0.601. The largest absolute Gasteiger partial charge is 0.399 e. The maximum absolute atomic E-state index is 11.4. The Kier molecular flexibility index (Phi) is 4.61. The average Bonchev–Trinajstić information content (AvgIpc) is 2.25. The number of hydrogen-bond acceptors (Lipinski definition) is 4. The molecule has 0 fully saturated rings. The van der Waals surface area contributed by atoms with Gasteiger partial charge in [0.15, 0.2) is 0 Å². The third kappa shape index (κ3) is 3.51. The molecule has 1 aromatic rings. The first-order chi connectivity index (χ1) is 8.73. The van der Waals surface area contributed by atoms with E-state index in [0.29, 0.717) is 5.69 Å². The summed E-state index contributed by atoms with van der Waals surface area (Å²) >= 11 is 6.03. The summed E-state index contributed by atoms with van der Waals surface area (Å²) in [6.07, 6.45) is 0. The molecule has 0 spiro atoms. The van der Waals surface area contributed by atoms with Crippen LogP contribution in [0.2, 0.25) is 5.02 Å². The molecule has 0 saturated heterocycles. The summed E-state index contributed by atoms with van der Waals surface area (Å²) < 4.78 is 0. The minimum atomic E-state index is -0.691. The number of nitrogens with two attached hydrogens (primary N) is 3.